The minimum Gasteiger partial charge on any atom is -0.454 e. The van der Waals surface area contributed by atoms with E-state index in [0.29, 0.717) is 0 Å². The summed E-state index contributed by atoms with van der Waals surface area (Å²) >= 11 is 0. The zero-order valence-electron chi connectivity index (χ0n) is 21.0. The predicted octanol–water partition coefficient (Wildman–Crippen LogP) is 9.55. The summed E-state index contributed by atoms with van der Waals surface area (Å²) in [4.78, 5) is 6.89. The van der Waals surface area contributed by atoms with Crippen LogP contribution >= 0.6 is 0 Å². The Kier molecular flexibility index (Phi) is 4.79. The highest BCUT2D eigenvalue weighted by atomic mass is 16.3. The van der Waals surface area contributed by atoms with Crippen molar-refractivity contribution in [1.29, 1.82) is 0 Å². The van der Waals surface area contributed by atoms with Crippen LogP contribution in [0.1, 0.15) is 0 Å². The molecule has 5 aromatic carbocycles. The topological polar surface area (TPSA) is 34.2 Å². The molecule has 8 aromatic rings. The third-order valence-corrected chi connectivity index (χ3v) is 7.45. The summed E-state index contributed by atoms with van der Waals surface area (Å²) in [5, 5.41) is 4.52. The molecule has 0 bridgehead atoms. The van der Waals surface area contributed by atoms with E-state index < -0.39 is 0 Å². The van der Waals surface area contributed by atoms with Gasteiger partial charge in [-0.2, -0.15) is 0 Å². The van der Waals surface area contributed by atoms with Gasteiger partial charge < -0.3 is 13.9 Å². The van der Waals surface area contributed by atoms with Crippen LogP contribution in [0.15, 0.2) is 144 Å². The molecule has 0 unspecified atom stereocenters. The Morgan fingerprint density at radius 1 is 0.538 bits per heavy atom. The van der Waals surface area contributed by atoms with Gasteiger partial charge in [0.2, 0.25) is 0 Å². The number of benzene rings is 5. The number of hydrogen-bond acceptors (Lipinski definition) is 3. The second kappa shape index (κ2) is 8.61. The van der Waals surface area contributed by atoms with Crippen LogP contribution in [0.25, 0.3) is 49.4 Å². The van der Waals surface area contributed by atoms with Crippen molar-refractivity contribution in [1.82, 2.24) is 9.55 Å². The van der Waals surface area contributed by atoms with E-state index in [1.807, 2.05) is 24.5 Å². The first kappa shape index (κ1) is 21.7. The number of rotatable bonds is 4. The number of aromatic nitrogens is 2. The smallest absolute Gasteiger partial charge is 0.162 e. The Hall–Kier alpha value is -5.35. The highest BCUT2D eigenvalue weighted by Gasteiger charge is 2.20. The molecular weight excluding hydrogens is 478 g/mol. The van der Waals surface area contributed by atoms with Crippen LogP contribution in [0.2, 0.25) is 0 Å². The lowest BCUT2D eigenvalue weighted by atomic mass is 10.1. The maximum absolute atomic E-state index is 6.56. The molecule has 0 aliphatic carbocycles. The van der Waals surface area contributed by atoms with Gasteiger partial charge in [0.1, 0.15) is 11.3 Å². The Bertz CT molecular complexity index is 2030. The normalized spacial score (nSPS) is 11.6. The lowest BCUT2D eigenvalue weighted by Crippen LogP contribution is -2.10. The fourth-order valence-corrected chi connectivity index (χ4v) is 5.74. The molecule has 3 aromatic heterocycles. The molecule has 4 nitrogen and oxygen atoms in total. The molecule has 0 saturated carbocycles. The maximum atomic E-state index is 6.56. The second-order valence-electron chi connectivity index (χ2n) is 9.69. The molecule has 8 rings (SSSR count). The van der Waals surface area contributed by atoms with Gasteiger partial charge in [-0.3, -0.25) is 4.98 Å². The first-order chi connectivity index (χ1) is 19.4. The summed E-state index contributed by atoms with van der Waals surface area (Å²) in [5.74, 6) is 0. The van der Waals surface area contributed by atoms with E-state index in [1.165, 1.54) is 21.8 Å². The number of nitrogens with zero attached hydrogens (tertiary/aromatic N) is 3. The maximum Gasteiger partial charge on any atom is 0.162 e. The SMILES string of the molecule is c1ccc(N(c2ccccc2)c2cncc3c2oc2ccc(-n4c5ccccc5c5ccccc54)cc23)cc1. The van der Waals surface area contributed by atoms with Gasteiger partial charge in [0.15, 0.2) is 5.58 Å². The van der Waals surface area contributed by atoms with Gasteiger partial charge in [0, 0.05) is 44.8 Å². The number of anilines is 3. The van der Waals surface area contributed by atoms with Gasteiger partial charge in [0.25, 0.3) is 0 Å². The summed E-state index contributed by atoms with van der Waals surface area (Å²) in [5.41, 5.74) is 8.11. The van der Waals surface area contributed by atoms with Gasteiger partial charge in [-0.1, -0.05) is 72.8 Å². The molecule has 0 saturated heterocycles. The zero-order valence-corrected chi connectivity index (χ0v) is 21.0. The average Bonchev–Trinajstić information content (AvgIpc) is 3.54. The molecular formula is C35H23N3O. The van der Waals surface area contributed by atoms with Crippen LogP contribution in [-0.2, 0) is 0 Å². The number of hydrogen-bond donors (Lipinski definition) is 0. The lowest BCUT2D eigenvalue weighted by molar-refractivity contribution is 0.668. The monoisotopic (exact) mass is 501 g/mol. The Labute approximate surface area is 225 Å². The highest BCUT2D eigenvalue weighted by Crippen LogP contribution is 2.42. The van der Waals surface area contributed by atoms with Crippen LogP contribution in [0.4, 0.5) is 17.1 Å². The molecule has 0 aliphatic rings. The van der Waals surface area contributed by atoms with E-state index in [2.05, 4.69) is 125 Å². The Morgan fingerprint density at radius 2 is 1.13 bits per heavy atom. The molecule has 3 heterocycles. The number of fused-ring (bicyclic) bond motifs is 6. The number of furan rings is 1. The molecule has 39 heavy (non-hydrogen) atoms. The van der Waals surface area contributed by atoms with Gasteiger partial charge in [-0.05, 0) is 54.6 Å². The van der Waals surface area contributed by atoms with Crippen molar-refractivity contribution in [2.24, 2.45) is 0 Å². The standard InChI is InChI=1S/C35H23N3O/c1-3-11-24(12-4-1)37(25-13-5-2-6-14-25)33-23-36-22-30-29-21-26(19-20-34(29)39-35(30)33)38-31-17-9-7-15-27(31)28-16-8-10-18-32(28)38/h1-23H. The van der Waals surface area contributed by atoms with E-state index in [0.717, 1.165) is 44.7 Å². The highest BCUT2D eigenvalue weighted by molar-refractivity contribution is 6.12. The van der Waals surface area contributed by atoms with Gasteiger partial charge >= 0.3 is 0 Å². The predicted molar refractivity (Wildman–Crippen MR) is 161 cm³/mol. The van der Waals surface area contributed by atoms with Crippen molar-refractivity contribution in [2.75, 3.05) is 4.90 Å². The molecule has 0 atom stereocenters. The summed E-state index contributed by atoms with van der Waals surface area (Å²) < 4.78 is 8.90. The Balaban J connectivity index is 1.38. The first-order valence-corrected chi connectivity index (χ1v) is 13.1. The molecule has 0 spiro atoms. The molecule has 0 radical (unpaired) electrons. The van der Waals surface area contributed by atoms with Crippen LogP contribution in [0.3, 0.4) is 0 Å². The van der Waals surface area contributed by atoms with Crippen molar-refractivity contribution in [3.05, 3.63) is 140 Å². The van der Waals surface area contributed by atoms with Crippen LogP contribution in [0.5, 0.6) is 0 Å². The molecule has 184 valence electrons. The summed E-state index contributed by atoms with van der Waals surface area (Å²) in [6.45, 7) is 0. The third-order valence-electron chi connectivity index (χ3n) is 7.45. The van der Waals surface area contributed by atoms with Crippen molar-refractivity contribution in [3.8, 4) is 5.69 Å². The van der Waals surface area contributed by atoms with E-state index >= 15 is 0 Å². The molecule has 0 amide bonds. The largest absolute Gasteiger partial charge is 0.454 e. The second-order valence-corrected chi connectivity index (χ2v) is 9.69. The minimum atomic E-state index is 0.812. The van der Waals surface area contributed by atoms with E-state index in [4.69, 9.17) is 9.40 Å². The first-order valence-electron chi connectivity index (χ1n) is 13.1. The fraction of sp³-hybridized carbons (Fsp3) is 0. The van der Waals surface area contributed by atoms with E-state index in [1.54, 1.807) is 0 Å². The third kappa shape index (κ3) is 3.35. The summed E-state index contributed by atoms with van der Waals surface area (Å²) in [7, 11) is 0. The zero-order chi connectivity index (χ0) is 25.8. The number of para-hydroxylation sites is 4. The van der Waals surface area contributed by atoms with Gasteiger partial charge in [-0.25, -0.2) is 0 Å². The van der Waals surface area contributed by atoms with Crippen LogP contribution in [-0.4, -0.2) is 9.55 Å². The number of pyridine rings is 1. The van der Waals surface area contributed by atoms with E-state index in [9.17, 15) is 0 Å². The van der Waals surface area contributed by atoms with Gasteiger partial charge in [0.05, 0.1) is 17.2 Å². The van der Waals surface area contributed by atoms with Crippen LogP contribution < -0.4 is 4.90 Å². The molecule has 0 fully saturated rings. The quantitative estimate of drug-likeness (QED) is 0.241. The van der Waals surface area contributed by atoms with Crippen molar-refractivity contribution >= 4 is 60.8 Å². The summed E-state index contributed by atoms with van der Waals surface area (Å²) in [6.07, 6.45) is 3.80. The molecule has 4 heteroatoms. The van der Waals surface area contributed by atoms with Crippen molar-refractivity contribution in [3.63, 3.8) is 0 Å². The fourth-order valence-electron chi connectivity index (χ4n) is 5.74. The Morgan fingerprint density at radius 3 is 1.77 bits per heavy atom. The van der Waals surface area contributed by atoms with Crippen LogP contribution in [0, 0.1) is 0 Å². The minimum absolute atomic E-state index is 0.812. The molecule has 0 N–H and O–H groups in total. The summed E-state index contributed by atoms with van der Waals surface area (Å²) in [6, 6.07) is 44.3. The van der Waals surface area contributed by atoms with Gasteiger partial charge in [-0.15, -0.1) is 0 Å². The lowest BCUT2D eigenvalue weighted by Gasteiger charge is -2.24. The van der Waals surface area contributed by atoms with Crippen molar-refractivity contribution in [2.45, 2.75) is 0 Å². The van der Waals surface area contributed by atoms with E-state index in [-0.39, 0.29) is 0 Å². The molecule has 0 aliphatic heterocycles. The average molecular weight is 502 g/mol. The van der Waals surface area contributed by atoms with Crippen molar-refractivity contribution < 1.29 is 4.42 Å².